The Morgan fingerprint density at radius 2 is 1.87 bits per heavy atom. The molecule has 1 saturated carbocycles. The fourth-order valence-electron chi connectivity index (χ4n) is 2.95. The number of hydrogen-bond donors (Lipinski definition) is 0. The lowest BCUT2D eigenvalue weighted by molar-refractivity contribution is -0.119. The van der Waals surface area contributed by atoms with Gasteiger partial charge < -0.3 is 4.90 Å². The predicted octanol–water partition coefficient (Wildman–Crippen LogP) is 5.53. The number of carbonyl (C=O) groups excluding carboxylic acids is 1. The van der Waals surface area contributed by atoms with Gasteiger partial charge in [0.15, 0.2) is 0 Å². The zero-order valence-corrected chi connectivity index (χ0v) is 14.8. The standard InChI is InChI=1S/C19H15BrClNO/c20-16-6-5-15-11-22(19(23)12-1-2-12)18-8-7-17(21)10-14(18)4-3-13(15)9-16/h3-10,12H,1-2,11H2. The summed E-state index contributed by atoms with van der Waals surface area (Å²) in [6.45, 7) is 0.594. The van der Waals surface area contributed by atoms with E-state index in [2.05, 4.69) is 34.1 Å². The van der Waals surface area contributed by atoms with Crippen LogP contribution in [0.4, 0.5) is 5.69 Å². The zero-order valence-electron chi connectivity index (χ0n) is 12.4. The highest BCUT2D eigenvalue weighted by Gasteiger charge is 2.35. The second kappa shape index (κ2) is 5.81. The summed E-state index contributed by atoms with van der Waals surface area (Å²) in [7, 11) is 0. The van der Waals surface area contributed by atoms with E-state index in [4.69, 9.17) is 11.6 Å². The van der Waals surface area contributed by atoms with E-state index in [1.165, 1.54) is 0 Å². The lowest BCUT2D eigenvalue weighted by Gasteiger charge is -2.27. The van der Waals surface area contributed by atoms with E-state index in [1.54, 1.807) is 0 Å². The van der Waals surface area contributed by atoms with Crippen LogP contribution in [0.2, 0.25) is 5.02 Å². The SMILES string of the molecule is O=C(C1CC1)N1Cc2ccc(Br)cc2C=Cc2cc(Cl)ccc21. The van der Waals surface area contributed by atoms with Gasteiger partial charge in [-0.3, -0.25) is 4.79 Å². The minimum absolute atomic E-state index is 0.181. The van der Waals surface area contributed by atoms with Crippen LogP contribution in [0, 0.1) is 5.92 Å². The van der Waals surface area contributed by atoms with Crippen molar-refractivity contribution in [3.05, 3.63) is 62.6 Å². The van der Waals surface area contributed by atoms with Gasteiger partial charge >= 0.3 is 0 Å². The second-order valence-electron chi connectivity index (χ2n) is 6.08. The van der Waals surface area contributed by atoms with Gasteiger partial charge in [-0.15, -0.1) is 0 Å². The van der Waals surface area contributed by atoms with Crippen LogP contribution in [0.3, 0.4) is 0 Å². The van der Waals surface area contributed by atoms with Gasteiger partial charge in [-0.05, 0) is 59.9 Å². The summed E-state index contributed by atoms with van der Waals surface area (Å²) in [6.07, 6.45) is 6.13. The largest absolute Gasteiger partial charge is 0.307 e. The second-order valence-corrected chi connectivity index (χ2v) is 7.43. The molecule has 2 nitrogen and oxygen atoms in total. The highest BCUT2D eigenvalue weighted by Crippen LogP contribution is 2.37. The maximum absolute atomic E-state index is 12.8. The lowest BCUT2D eigenvalue weighted by atomic mass is 10.0. The molecule has 1 aliphatic carbocycles. The van der Waals surface area contributed by atoms with Gasteiger partial charge in [-0.2, -0.15) is 0 Å². The molecule has 0 bridgehead atoms. The number of anilines is 1. The Bertz CT molecular complexity index is 826. The third-order valence-electron chi connectivity index (χ3n) is 4.35. The average molecular weight is 389 g/mol. The van der Waals surface area contributed by atoms with Crippen molar-refractivity contribution in [1.82, 2.24) is 0 Å². The third-order valence-corrected chi connectivity index (χ3v) is 5.08. The first-order valence-corrected chi connectivity index (χ1v) is 8.86. The molecule has 0 aromatic heterocycles. The molecule has 4 rings (SSSR count). The molecule has 2 aromatic rings. The quantitative estimate of drug-likeness (QED) is 0.629. The van der Waals surface area contributed by atoms with E-state index in [0.29, 0.717) is 11.6 Å². The van der Waals surface area contributed by atoms with E-state index in [-0.39, 0.29) is 11.8 Å². The van der Waals surface area contributed by atoms with Crippen LogP contribution in [0.1, 0.15) is 29.5 Å². The van der Waals surface area contributed by atoms with Gasteiger partial charge in [-0.1, -0.05) is 45.7 Å². The third kappa shape index (κ3) is 2.96. The highest BCUT2D eigenvalue weighted by molar-refractivity contribution is 9.10. The van der Waals surface area contributed by atoms with Crippen LogP contribution in [0.15, 0.2) is 40.9 Å². The van der Waals surface area contributed by atoms with Crippen LogP contribution in [-0.2, 0) is 11.3 Å². The zero-order chi connectivity index (χ0) is 16.0. The number of carbonyl (C=O) groups is 1. The summed E-state index contributed by atoms with van der Waals surface area (Å²) in [5, 5.41) is 0.683. The molecule has 116 valence electrons. The Morgan fingerprint density at radius 1 is 1.09 bits per heavy atom. The lowest BCUT2D eigenvalue weighted by Crippen LogP contribution is -2.32. The highest BCUT2D eigenvalue weighted by atomic mass is 79.9. The first-order chi connectivity index (χ1) is 11.1. The Hall–Kier alpha value is -1.58. The van der Waals surface area contributed by atoms with E-state index < -0.39 is 0 Å². The molecule has 1 amide bonds. The van der Waals surface area contributed by atoms with E-state index in [9.17, 15) is 4.79 Å². The first kappa shape index (κ1) is 15.0. The van der Waals surface area contributed by atoms with Crippen molar-refractivity contribution in [3.8, 4) is 0 Å². The number of benzene rings is 2. The Balaban J connectivity index is 1.87. The first-order valence-electron chi connectivity index (χ1n) is 7.69. The summed E-state index contributed by atoms with van der Waals surface area (Å²) < 4.78 is 1.04. The molecule has 0 saturated heterocycles. The molecule has 0 atom stereocenters. The summed E-state index contributed by atoms with van der Waals surface area (Å²) >= 11 is 9.67. The molecule has 23 heavy (non-hydrogen) atoms. The van der Waals surface area contributed by atoms with E-state index in [0.717, 1.165) is 39.7 Å². The Morgan fingerprint density at radius 3 is 2.65 bits per heavy atom. The van der Waals surface area contributed by atoms with Gasteiger partial charge in [-0.25, -0.2) is 0 Å². The van der Waals surface area contributed by atoms with Gasteiger partial charge in [0.1, 0.15) is 0 Å². The Kier molecular flexibility index (Phi) is 3.78. The number of hydrogen-bond acceptors (Lipinski definition) is 1. The van der Waals surface area contributed by atoms with Crippen LogP contribution >= 0.6 is 27.5 Å². The van der Waals surface area contributed by atoms with Crippen molar-refractivity contribution in [2.45, 2.75) is 19.4 Å². The smallest absolute Gasteiger partial charge is 0.230 e. The number of fused-ring (bicyclic) bond motifs is 2. The maximum atomic E-state index is 12.8. The van der Waals surface area contributed by atoms with Crippen molar-refractivity contribution in [1.29, 1.82) is 0 Å². The fraction of sp³-hybridized carbons (Fsp3) is 0.211. The maximum Gasteiger partial charge on any atom is 0.230 e. The predicted molar refractivity (Wildman–Crippen MR) is 98.4 cm³/mol. The molecular weight excluding hydrogens is 374 g/mol. The van der Waals surface area contributed by atoms with Crippen molar-refractivity contribution in [2.24, 2.45) is 5.92 Å². The van der Waals surface area contributed by atoms with Crippen molar-refractivity contribution in [3.63, 3.8) is 0 Å². The average Bonchev–Trinajstić information content (AvgIpc) is 3.35. The number of amides is 1. The van der Waals surface area contributed by atoms with Crippen LogP contribution < -0.4 is 4.90 Å². The van der Waals surface area contributed by atoms with Gasteiger partial charge in [0.2, 0.25) is 5.91 Å². The molecular formula is C19H15BrClNO. The Labute approximate surface area is 148 Å². The minimum atomic E-state index is 0.181. The van der Waals surface area contributed by atoms with Crippen molar-refractivity contribution in [2.75, 3.05) is 4.90 Å². The molecule has 2 aliphatic rings. The van der Waals surface area contributed by atoms with Crippen LogP contribution in [0.25, 0.3) is 12.2 Å². The fourth-order valence-corrected chi connectivity index (χ4v) is 3.51. The normalized spacial score (nSPS) is 16.3. The number of halogens is 2. The molecule has 0 unspecified atom stereocenters. The molecule has 0 spiro atoms. The molecule has 1 fully saturated rings. The monoisotopic (exact) mass is 387 g/mol. The summed E-state index contributed by atoms with van der Waals surface area (Å²) in [5.41, 5.74) is 4.20. The van der Waals surface area contributed by atoms with Gasteiger partial charge in [0.05, 0.1) is 12.2 Å². The summed E-state index contributed by atoms with van der Waals surface area (Å²) in [5.74, 6) is 0.401. The van der Waals surface area contributed by atoms with Gasteiger partial charge in [0, 0.05) is 15.4 Å². The van der Waals surface area contributed by atoms with E-state index in [1.807, 2.05) is 35.2 Å². The molecule has 4 heteroatoms. The molecule has 0 radical (unpaired) electrons. The molecule has 2 aromatic carbocycles. The molecule has 0 N–H and O–H groups in total. The molecule has 1 aliphatic heterocycles. The van der Waals surface area contributed by atoms with Crippen molar-refractivity contribution >= 4 is 51.3 Å². The number of rotatable bonds is 1. The topological polar surface area (TPSA) is 20.3 Å². The summed E-state index contributed by atoms with van der Waals surface area (Å²) in [4.78, 5) is 14.7. The molecule has 1 heterocycles. The van der Waals surface area contributed by atoms with Crippen LogP contribution in [-0.4, -0.2) is 5.91 Å². The van der Waals surface area contributed by atoms with E-state index >= 15 is 0 Å². The summed E-state index contributed by atoms with van der Waals surface area (Å²) in [6, 6.07) is 11.9. The van der Waals surface area contributed by atoms with Crippen molar-refractivity contribution < 1.29 is 4.79 Å². The van der Waals surface area contributed by atoms with Crippen LogP contribution in [0.5, 0.6) is 0 Å². The minimum Gasteiger partial charge on any atom is -0.307 e. The van der Waals surface area contributed by atoms with Gasteiger partial charge in [0.25, 0.3) is 0 Å². The number of nitrogens with zero attached hydrogens (tertiary/aromatic N) is 1.